The van der Waals surface area contributed by atoms with E-state index in [2.05, 4.69) is 12.2 Å². The largest absolute Gasteiger partial charge is 0.478 e. The number of nitrogen functional groups attached to an aromatic ring is 1. The van der Waals surface area contributed by atoms with E-state index >= 15 is 0 Å². The van der Waals surface area contributed by atoms with Gasteiger partial charge in [0.25, 0.3) is 0 Å². The standard InChI is InChI=1S/C12H16N2O2/c1-7(8-2-3-8)14-9-4-5-10(12(15)16)11(13)6-9/h4-8,14H,2-3,13H2,1H3,(H,15,16). The fraction of sp³-hybridized carbons (Fsp3) is 0.417. The Morgan fingerprint density at radius 1 is 1.56 bits per heavy atom. The third kappa shape index (κ3) is 2.27. The van der Waals surface area contributed by atoms with Crippen molar-refractivity contribution in [3.63, 3.8) is 0 Å². The van der Waals surface area contributed by atoms with Gasteiger partial charge in [-0.15, -0.1) is 0 Å². The minimum absolute atomic E-state index is 0.157. The molecule has 1 saturated carbocycles. The Labute approximate surface area is 94.5 Å². The van der Waals surface area contributed by atoms with Crippen LogP contribution in [0.2, 0.25) is 0 Å². The van der Waals surface area contributed by atoms with Crippen LogP contribution in [0.3, 0.4) is 0 Å². The predicted octanol–water partition coefficient (Wildman–Crippen LogP) is 2.18. The normalized spacial score (nSPS) is 16.8. The number of nitrogens with two attached hydrogens (primary N) is 1. The lowest BCUT2D eigenvalue weighted by molar-refractivity contribution is 0.0698. The zero-order chi connectivity index (χ0) is 11.7. The number of nitrogens with one attached hydrogen (secondary N) is 1. The molecule has 0 saturated heterocycles. The van der Waals surface area contributed by atoms with Crippen molar-refractivity contribution in [2.45, 2.75) is 25.8 Å². The van der Waals surface area contributed by atoms with E-state index in [1.165, 1.54) is 12.8 Å². The first-order valence-electron chi connectivity index (χ1n) is 5.47. The molecule has 0 amide bonds. The van der Waals surface area contributed by atoms with Crippen LogP contribution in [-0.2, 0) is 0 Å². The lowest BCUT2D eigenvalue weighted by Crippen LogP contribution is -2.17. The number of carbonyl (C=O) groups is 1. The smallest absolute Gasteiger partial charge is 0.337 e. The molecule has 0 radical (unpaired) electrons. The molecule has 0 spiro atoms. The average molecular weight is 220 g/mol. The summed E-state index contributed by atoms with van der Waals surface area (Å²) in [5, 5.41) is 12.2. The highest BCUT2D eigenvalue weighted by Gasteiger charge is 2.27. The van der Waals surface area contributed by atoms with Gasteiger partial charge in [-0.25, -0.2) is 4.79 Å². The van der Waals surface area contributed by atoms with Gasteiger partial charge >= 0.3 is 5.97 Å². The average Bonchev–Trinajstić information content (AvgIpc) is 2.99. The highest BCUT2D eigenvalue weighted by Crippen LogP contribution is 2.34. The number of benzene rings is 1. The van der Waals surface area contributed by atoms with E-state index in [9.17, 15) is 4.79 Å². The molecule has 1 fully saturated rings. The number of hydrogen-bond acceptors (Lipinski definition) is 3. The van der Waals surface area contributed by atoms with E-state index in [1.54, 1.807) is 18.2 Å². The molecule has 0 aliphatic heterocycles. The summed E-state index contributed by atoms with van der Waals surface area (Å²) in [4.78, 5) is 10.8. The highest BCUT2D eigenvalue weighted by atomic mass is 16.4. The van der Waals surface area contributed by atoms with Crippen LogP contribution in [0.5, 0.6) is 0 Å². The van der Waals surface area contributed by atoms with Crippen LogP contribution in [0.1, 0.15) is 30.1 Å². The van der Waals surface area contributed by atoms with Gasteiger partial charge in [0.05, 0.1) is 5.56 Å². The summed E-state index contributed by atoms with van der Waals surface area (Å²) < 4.78 is 0. The summed E-state index contributed by atoms with van der Waals surface area (Å²) >= 11 is 0. The van der Waals surface area contributed by atoms with Crippen LogP contribution in [0.15, 0.2) is 18.2 Å². The predicted molar refractivity (Wildman–Crippen MR) is 63.6 cm³/mol. The molecule has 1 aromatic carbocycles. The molecule has 0 bridgehead atoms. The van der Waals surface area contributed by atoms with Crippen LogP contribution >= 0.6 is 0 Å². The number of aromatic carboxylic acids is 1. The maximum Gasteiger partial charge on any atom is 0.337 e. The van der Waals surface area contributed by atoms with Crippen molar-refractivity contribution < 1.29 is 9.90 Å². The SMILES string of the molecule is CC(Nc1ccc(C(=O)O)c(N)c1)C1CC1. The van der Waals surface area contributed by atoms with E-state index in [0.717, 1.165) is 11.6 Å². The summed E-state index contributed by atoms with van der Waals surface area (Å²) in [5.74, 6) is -0.236. The minimum atomic E-state index is -0.987. The summed E-state index contributed by atoms with van der Waals surface area (Å²) in [5.41, 5.74) is 7.02. The molecule has 0 heterocycles. The summed E-state index contributed by atoms with van der Waals surface area (Å²) in [7, 11) is 0. The van der Waals surface area contributed by atoms with E-state index in [-0.39, 0.29) is 5.56 Å². The molecule has 4 nitrogen and oxygen atoms in total. The van der Waals surface area contributed by atoms with Crippen molar-refractivity contribution in [3.8, 4) is 0 Å². The van der Waals surface area contributed by atoms with Crippen LogP contribution in [0, 0.1) is 5.92 Å². The fourth-order valence-corrected chi connectivity index (χ4v) is 1.82. The number of carboxylic acid groups (broad SMARTS) is 1. The minimum Gasteiger partial charge on any atom is -0.478 e. The van der Waals surface area contributed by atoms with Crippen LogP contribution in [-0.4, -0.2) is 17.1 Å². The Morgan fingerprint density at radius 3 is 2.75 bits per heavy atom. The molecular weight excluding hydrogens is 204 g/mol. The van der Waals surface area contributed by atoms with Gasteiger partial charge in [-0.2, -0.15) is 0 Å². The molecule has 2 rings (SSSR count). The zero-order valence-corrected chi connectivity index (χ0v) is 9.23. The molecule has 4 heteroatoms. The molecule has 86 valence electrons. The number of rotatable bonds is 4. The third-order valence-electron chi connectivity index (χ3n) is 3.01. The lowest BCUT2D eigenvalue weighted by Gasteiger charge is -2.15. The molecular formula is C12H16N2O2. The third-order valence-corrected chi connectivity index (χ3v) is 3.01. The maximum absolute atomic E-state index is 10.8. The second kappa shape index (κ2) is 4.04. The molecule has 1 unspecified atom stereocenters. The highest BCUT2D eigenvalue weighted by molar-refractivity contribution is 5.94. The second-order valence-electron chi connectivity index (χ2n) is 4.38. The number of carboxylic acids is 1. The number of hydrogen-bond donors (Lipinski definition) is 3. The molecule has 1 atom stereocenters. The van der Waals surface area contributed by atoms with Crippen molar-refractivity contribution >= 4 is 17.3 Å². The van der Waals surface area contributed by atoms with Gasteiger partial charge in [0, 0.05) is 17.4 Å². The van der Waals surface area contributed by atoms with Crippen molar-refractivity contribution in [1.29, 1.82) is 0 Å². The van der Waals surface area contributed by atoms with Gasteiger partial charge in [-0.05, 0) is 43.9 Å². The Kier molecular flexibility index (Phi) is 2.73. The van der Waals surface area contributed by atoms with Crippen LogP contribution < -0.4 is 11.1 Å². The fourth-order valence-electron chi connectivity index (χ4n) is 1.82. The van der Waals surface area contributed by atoms with Gasteiger partial charge in [-0.3, -0.25) is 0 Å². The quantitative estimate of drug-likeness (QED) is 0.680. The van der Waals surface area contributed by atoms with E-state index < -0.39 is 5.97 Å². The molecule has 0 aromatic heterocycles. The van der Waals surface area contributed by atoms with E-state index in [1.807, 2.05) is 0 Å². The van der Waals surface area contributed by atoms with Crippen molar-refractivity contribution in [2.75, 3.05) is 11.1 Å². The lowest BCUT2D eigenvalue weighted by atomic mass is 10.1. The Hall–Kier alpha value is -1.71. The van der Waals surface area contributed by atoms with Gasteiger partial charge in [-0.1, -0.05) is 0 Å². The molecule has 4 N–H and O–H groups in total. The Balaban J connectivity index is 2.10. The number of anilines is 2. The van der Waals surface area contributed by atoms with Crippen LogP contribution in [0.25, 0.3) is 0 Å². The van der Waals surface area contributed by atoms with E-state index in [0.29, 0.717) is 11.7 Å². The van der Waals surface area contributed by atoms with Gasteiger partial charge in [0.1, 0.15) is 0 Å². The molecule has 1 aliphatic rings. The zero-order valence-electron chi connectivity index (χ0n) is 9.23. The van der Waals surface area contributed by atoms with Crippen LogP contribution in [0.4, 0.5) is 11.4 Å². The van der Waals surface area contributed by atoms with Crippen molar-refractivity contribution in [1.82, 2.24) is 0 Å². The molecule has 16 heavy (non-hydrogen) atoms. The van der Waals surface area contributed by atoms with Crippen molar-refractivity contribution in [2.24, 2.45) is 5.92 Å². The molecule has 1 aliphatic carbocycles. The first-order valence-corrected chi connectivity index (χ1v) is 5.47. The first kappa shape index (κ1) is 10.8. The van der Waals surface area contributed by atoms with Gasteiger partial charge in [0.2, 0.25) is 0 Å². The van der Waals surface area contributed by atoms with E-state index in [4.69, 9.17) is 10.8 Å². The topological polar surface area (TPSA) is 75.3 Å². The Bertz CT molecular complexity index is 413. The van der Waals surface area contributed by atoms with Gasteiger partial charge < -0.3 is 16.2 Å². The van der Waals surface area contributed by atoms with Crippen molar-refractivity contribution in [3.05, 3.63) is 23.8 Å². The van der Waals surface area contributed by atoms with Gasteiger partial charge in [0.15, 0.2) is 0 Å². The first-order chi connectivity index (χ1) is 7.58. The summed E-state index contributed by atoms with van der Waals surface area (Å²) in [6.07, 6.45) is 2.55. The summed E-state index contributed by atoms with van der Waals surface area (Å²) in [6, 6.07) is 5.41. The Morgan fingerprint density at radius 2 is 2.25 bits per heavy atom. The molecule has 1 aromatic rings. The monoisotopic (exact) mass is 220 g/mol. The second-order valence-corrected chi connectivity index (χ2v) is 4.38. The summed E-state index contributed by atoms with van der Waals surface area (Å²) in [6.45, 7) is 2.14. The maximum atomic E-state index is 10.8.